The lowest BCUT2D eigenvalue weighted by Crippen LogP contribution is -2.01. The van der Waals surface area contributed by atoms with E-state index in [1.165, 1.54) is 0 Å². The van der Waals surface area contributed by atoms with E-state index in [9.17, 15) is 0 Å². The van der Waals surface area contributed by atoms with Crippen LogP contribution in [-0.2, 0) is 0 Å². The van der Waals surface area contributed by atoms with Gasteiger partial charge in [0.25, 0.3) is 0 Å². The van der Waals surface area contributed by atoms with Gasteiger partial charge in [0.2, 0.25) is 0 Å². The van der Waals surface area contributed by atoms with Crippen molar-refractivity contribution in [3.05, 3.63) is 285 Å². The average molecular weight is 1160 g/mol. The topological polar surface area (TPSA) is 108 Å². The van der Waals surface area contributed by atoms with Crippen LogP contribution in [0.4, 0.5) is 0 Å². The minimum atomic E-state index is 0.589. The third-order valence-corrected chi connectivity index (χ3v) is 18.0. The number of nitrogens with zero attached hydrogens (tertiary/aromatic N) is 7. The van der Waals surface area contributed by atoms with Crippen molar-refractivity contribution in [3.8, 4) is 102 Å². The Bertz CT molecular complexity index is 5890. The van der Waals surface area contributed by atoms with E-state index in [-0.39, 0.29) is 0 Å². The maximum absolute atomic E-state index is 6.54. The van der Waals surface area contributed by atoms with Crippen molar-refractivity contribution in [1.82, 2.24) is 34.3 Å². The highest BCUT2D eigenvalue weighted by molar-refractivity contribution is 6.29. The van der Waals surface area contributed by atoms with Gasteiger partial charge >= 0.3 is 0 Å². The quantitative estimate of drug-likeness (QED) is 0.104. The van der Waals surface area contributed by atoms with E-state index in [0.29, 0.717) is 23.3 Å². The largest absolute Gasteiger partial charge is 0.456 e. The number of rotatable bonds is 9. The van der Waals surface area contributed by atoms with Crippen LogP contribution in [-0.4, -0.2) is 34.3 Å². The molecule has 19 rings (SSSR count). The molecule has 0 spiro atoms. The highest BCUT2D eigenvalue weighted by Crippen LogP contribution is 2.47. The first-order valence-corrected chi connectivity index (χ1v) is 30.5. The lowest BCUT2D eigenvalue weighted by Gasteiger charge is -2.17. The smallest absolute Gasteiger partial charge is 0.164 e. The number of pyridine rings is 2. The summed E-state index contributed by atoms with van der Waals surface area (Å²) in [4.78, 5) is 32.0. The van der Waals surface area contributed by atoms with Gasteiger partial charge in [0.05, 0.1) is 39.3 Å². The van der Waals surface area contributed by atoms with Crippen molar-refractivity contribution in [2.45, 2.75) is 0 Å². The van der Waals surface area contributed by atoms with Crippen molar-refractivity contribution >= 4 is 92.7 Å². The molecule has 9 heteroatoms. The first-order chi connectivity index (χ1) is 45.0. The molecule has 9 nitrogen and oxygen atoms in total. The van der Waals surface area contributed by atoms with Crippen LogP contribution < -0.4 is 0 Å². The lowest BCUT2D eigenvalue weighted by molar-refractivity contribution is 0.668. The summed E-state index contributed by atoms with van der Waals surface area (Å²) in [5.74, 6) is 2.43. The van der Waals surface area contributed by atoms with Gasteiger partial charge < -0.3 is 13.2 Å². The minimum Gasteiger partial charge on any atom is -0.456 e. The molecule has 0 aliphatic carbocycles. The second kappa shape index (κ2) is 20.0. The molecule has 0 aliphatic rings. The SMILES string of the molecule is c1ccc(-c2cc(-c3ccccc3)nc(-c3ccc4c(c3)c3cc(-c5cc(-c6ccc7c(c6)oc6ccccc67)cc(-c6ccc7c(c6)oc6ccccc67)n5)cc5c6ccc(-c7nc(-c8ccccc8)nc(-c8ccccc8)n7)c7cccc(c76)n4c53)n2)cc1. The summed E-state index contributed by atoms with van der Waals surface area (Å²) < 4.78 is 15.5. The fraction of sp³-hybridized carbons (Fsp3) is 0. The van der Waals surface area contributed by atoms with Crippen LogP contribution in [0.25, 0.3) is 194 Å². The van der Waals surface area contributed by atoms with Gasteiger partial charge in [-0.25, -0.2) is 29.9 Å². The predicted molar refractivity (Wildman–Crippen MR) is 369 cm³/mol. The summed E-state index contributed by atoms with van der Waals surface area (Å²) in [7, 11) is 0. The van der Waals surface area contributed by atoms with Crippen LogP contribution in [0.15, 0.2) is 294 Å². The van der Waals surface area contributed by atoms with Crippen LogP contribution in [0.3, 0.4) is 0 Å². The maximum Gasteiger partial charge on any atom is 0.164 e. The molecule has 0 aliphatic heterocycles. The van der Waals surface area contributed by atoms with Gasteiger partial charge in [0.15, 0.2) is 23.3 Å². The second-order valence-corrected chi connectivity index (χ2v) is 23.3. The van der Waals surface area contributed by atoms with Gasteiger partial charge in [0, 0.05) is 87.6 Å². The number of para-hydroxylation sites is 2. The molecule has 0 radical (unpaired) electrons. The summed E-state index contributed by atoms with van der Waals surface area (Å²) in [6.07, 6.45) is 0. The molecule has 422 valence electrons. The summed E-state index contributed by atoms with van der Waals surface area (Å²) in [6.45, 7) is 0. The molecule has 91 heavy (non-hydrogen) atoms. The molecule has 0 bridgehead atoms. The summed E-state index contributed by atoms with van der Waals surface area (Å²) in [5, 5.41) is 10.7. The van der Waals surface area contributed by atoms with Crippen LogP contribution >= 0.6 is 0 Å². The van der Waals surface area contributed by atoms with E-state index in [4.69, 9.17) is 38.7 Å². The zero-order chi connectivity index (χ0) is 59.7. The third-order valence-electron chi connectivity index (χ3n) is 18.0. The van der Waals surface area contributed by atoms with Crippen LogP contribution in [0.1, 0.15) is 0 Å². The molecule has 0 N–H and O–H groups in total. The van der Waals surface area contributed by atoms with Gasteiger partial charge in [-0.05, 0) is 119 Å². The number of benzene rings is 12. The highest BCUT2D eigenvalue weighted by Gasteiger charge is 2.25. The monoisotopic (exact) mass is 1160 g/mol. The Kier molecular flexibility index (Phi) is 11.2. The molecule has 7 heterocycles. The minimum absolute atomic E-state index is 0.589. The molecule has 7 aromatic heterocycles. The van der Waals surface area contributed by atoms with Gasteiger partial charge in [-0.1, -0.05) is 188 Å². The number of furan rings is 2. The number of fused-ring (bicyclic) bond motifs is 11. The Morgan fingerprint density at radius 1 is 0.220 bits per heavy atom. The van der Waals surface area contributed by atoms with E-state index >= 15 is 0 Å². The third kappa shape index (κ3) is 8.25. The molecule has 19 aromatic rings. The van der Waals surface area contributed by atoms with Crippen molar-refractivity contribution in [3.63, 3.8) is 0 Å². The number of aromatic nitrogens is 7. The molecule has 0 saturated carbocycles. The molecule has 0 atom stereocenters. The summed E-state index contributed by atoms with van der Waals surface area (Å²) >= 11 is 0. The predicted octanol–water partition coefficient (Wildman–Crippen LogP) is 21.2. The number of hydrogen-bond donors (Lipinski definition) is 0. The highest BCUT2D eigenvalue weighted by atomic mass is 16.3. The van der Waals surface area contributed by atoms with E-state index in [1.807, 2.05) is 97.1 Å². The number of hydrogen-bond acceptors (Lipinski definition) is 8. The Morgan fingerprint density at radius 3 is 1.31 bits per heavy atom. The van der Waals surface area contributed by atoms with Crippen LogP contribution in [0.5, 0.6) is 0 Å². The van der Waals surface area contributed by atoms with Crippen LogP contribution in [0, 0.1) is 0 Å². The molecular weight excluding hydrogens is 1110 g/mol. The van der Waals surface area contributed by atoms with Gasteiger partial charge in [-0.15, -0.1) is 0 Å². The molecule has 12 aromatic carbocycles. The average Bonchev–Trinajstić information content (AvgIpc) is 1.88. The van der Waals surface area contributed by atoms with E-state index in [2.05, 4.69) is 192 Å². The maximum atomic E-state index is 6.54. The zero-order valence-electron chi connectivity index (χ0n) is 48.6. The molecule has 0 unspecified atom stereocenters. The van der Waals surface area contributed by atoms with Gasteiger partial charge in [-0.3, -0.25) is 0 Å². The van der Waals surface area contributed by atoms with Crippen LogP contribution in [0.2, 0.25) is 0 Å². The Hall–Kier alpha value is -12.5. The van der Waals surface area contributed by atoms with E-state index in [0.717, 1.165) is 171 Å². The van der Waals surface area contributed by atoms with E-state index in [1.54, 1.807) is 0 Å². The molecule has 0 saturated heterocycles. The van der Waals surface area contributed by atoms with Gasteiger partial charge in [-0.2, -0.15) is 0 Å². The fourth-order valence-electron chi connectivity index (χ4n) is 13.7. The summed E-state index contributed by atoms with van der Waals surface area (Å²) in [5.41, 5.74) is 19.4. The Balaban J connectivity index is 0.884. The fourth-order valence-corrected chi connectivity index (χ4v) is 13.7. The first-order valence-electron chi connectivity index (χ1n) is 30.5. The normalized spacial score (nSPS) is 12.0. The molecule has 0 fully saturated rings. The van der Waals surface area contributed by atoms with Crippen molar-refractivity contribution < 1.29 is 8.83 Å². The first kappa shape index (κ1) is 50.7. The Labute approximate surface area is 519 Å². The van der Waals surface area contributed by atoms with Crippen molar-refractivity contribution in [1.29, 1.82) is 0 Å². The van der Waals surface area contributed by atoms with E-state index < -0.39 is 0 Å². The lowest BCUT2D eigenvalue weighted by atomic mass is 9.93. The molecule has 0 amide bonds. The van der Waals surface area contributed by atoms with Crippen molar-refractivity contribution in [2.24, 2.45) is 0 Å². The second-order valence-electron chi connectivity index (χ2n) is 23.3. The standard InChI is InChI=1S/C82H47N7O2/c1-5-18-48(19-6-1)69-47-70(49-20-7-2-8-21-49)85-81(84-69)54-34-39-71-64(40-54)66-42-56(68-44-55(52-32-35-59-57-26-13-15-30-73(57)90-75(59)45-52)43-67(83-68)53-33-36-60-58-27-14-16-31-74(58)91-76(60)46-53)41-65-62-37-38-63(61-28-17-29-72(77(61)62)89(71)78(65)66)82-87-79(50-22-9-3-10-23-50)86-80(88-82)51-24-11-4-12-25-51/h1-47H. The summed E-state index contributed by atoms with van der Waals surface area (Å²) in [6, 6.07) is 99.4. The van der Waals surface area contributed by atoms with Crippen molar-refractivity contribution in [2.75, 3.05) is 0 Å². The zero-order valence-corrected chi connectivity index (χ0v) is 48.6. The van der Waals surface area contributed by atoms with Gasteiger partial charge in [0.1, 0.15) is 22.3 Å². The molecular formula is C82H47N7O2. The Morgan fingerprint density at radius 2 is 0.681 bits per heavy atom.